The fourth-order valence-corrected chi connectivity index (χ4v) is 3.07. The van der Waals surface area contributed by atoms with Gasteiger partial charge in [0.2, 0.25) is 0 Å². The summed E-state index contributed by atoms with van der Waals surface area (Å²) >= 11 is 0. The third-order valence-corrected chi connectivity index (χ3v) is 4.08. The molecule has 0 unspecified atom stereocenters. The van der Waals surface area contributed by atoms with Gasteiger partial charge in [-0.25, -0.2) is 0 Å². The van der Waals surface area contributed by atoms with Crippen LogP contribution in [0.2, 0.25) is 0 Å². The van der Waals surface area contributed by atoms with E-state index in [1.54, 1.807) is 17.7 Å². The van der Waals surface area contributed by atoms with Crippen LogP contribution < -0.4 is 10.3 Å². The maximum atomic E-state index is 11.7. The van der Waals surface area contributed by atoms with Crippen LogP contribution in [0.25, 0.3) is 10.4 Å². The highest BCUT2D eigenvalue weighted by Gasteiger charge is 2.54. The van der Waals surface area contributed by atoms with Crippen LogP contribution in [0, 0.1) is 6.92 Å². The first-order chi connectivity index (χ1) is 11.1. The summed E-state index contributed by atoms with van der Waals surface area (Å²) < 4.78 is 24.0. The highest BCUT2D eigenvalue weighted by molar-refractivity contribution is 5.18. The van der Waals surface area contributed by atoms with Gasteiger partial charge in [-0.2, -0.15) is 4.98 Å². The summed E-state index contributed by atoms with van der Waals surface area (Å²) in [6.45, 7) is 1.81. The lowest BCUT2D eigenvalue weighted by molar-refractivity contribution is -0.189. The van der Waals surface area contributed by atoms with Crippen molar-refractivity contribution < 1.29 is 18.9 Å². The lowest BCUT2D eigenvalue weighted by Crippen LogP contribution is -2.40. The lowest BCUT2D eigenvalue weighted by atomic mass is 10.0. The van der Waals surface area contributed by atoms with Gasteiger partial charge in [-0.1, -0.05) is 5.11 Å². The van der Waals surface area contributed by atoms with Crippen LogP contribution in [0.15, 0.2) is 16.1 Å². The zero-order chi connectivity index (χ0) is 16.6. The predicted octanol–water partition coefficient (Wildman–Crippen LogP) is 0.550. The van der Waals surface area contributed by atoms with Crippen molar-refractivity contribution in [3.05, 3.63) is 32.6 Å². The summed E-state index contributed by atoms with van der Waals surface area (Å²) in [4.78, 5) is 18.4. The lowest BCUT2D eigenvalue weighted by Gasteiger charge is -2.23. The van der Waals surface area contributed by atoms with Crippen molar-refractivity contribution in [1.29, 1.82) is 0 Å². The molecule has 3 rings (SSSR count). The Balaban J connectivity index is 2.00. The normalized spacial score (nSPS) is 28.2. The molecule has 0 N–H and O–H groups in total. The molecule has 10 heteroatoms. The maximum absolute atomic E-state index is 11.7. The van der Waals surface area contributed by atoms with Crippen molar-refractivity contribution >= 4 is 0 Å². The fraction of sp³-hybridized carbons (Fsp3) is 0.692. The molecule has 0 saturated carbocycles. The number of hydrogen-bond acceptors (Lipinski definition) is 7. The van der Waals surface area contributed by atoms with E-state index in [1.165, 1.54) is 14.2 Å². The number of ether oxygens (including phenoxy) is 4. The molecule has 124 valence electrons. The number of aromatic nitrogens is 2. The van der Waals surface area contributed by atoms with Crippen LogP contribution in [0.3, 0.4) is 0 Å². The molecule has 10 nitrogen and oxygen atoms in total. The molecule has 1 fully saturated rings. The molecule has 0 bridgehead atoms. The molecule has 0 aromatic carbocycles. The molecule has 1 saturated heterocycles. The van der Waals surface area contributed by atoms with Crippen LogP contribution >= 0.6 is 0 Å². The Kier molecular flexibility index (Phi) is 4.22. The van der Waals surface area contributed by atoms with E-state index in [0.29, 0.717) is 5.56 Å². The topological polar surface area (TPSA) is 121 Å². The first kappa shape index (κ1) is 15.8. The Morgan fingerprint density at radius 1 is 1.52 bits per heavy atom. The molecule has 0 aliphatic carbocycles. The summed E-state index contributed by atoms with van der Waals surface area (Å²) in [5, 5.41) is 3.60. The van der Waals surface area contributed by atoms with Gasteiger partial charge < -0.3 is 18.9 Å². The summed E-state index contributed by atoms with van der Waals surface area (Å²) in [7, 11) is 3.00. The standard InChI is InChI=1S/C13H17N5O5/c1-6-5-18-8-7(4-15-17-14)22-10(12(20-2)21-3)9(8)23-13(18)16-11(6)19/h5,7-10,12H,4H2,1-3H3/t7-,8-,9-,10+/m0/s1. The molecule has 0 spiro atoms. The number of aryl methyl sites for hydroxylation is 1. The zero-order valence-corrected chi connectivity index (χ0v) is 12.9. The van der Waals surface area contributed by atoms with Crippen molar-refractivity contribution in [2.24, 2.45) is 5.11 Å². The van der Waals surface area contributed by atoms with E-state index in [4.69, 9.17) is 24.5 Å². The first-order valence-electron chi connectivity index (χ1n) is 7.09. The Bertz CT molecular complexity index is 696. The average Bonchev–Trinajstić information content (AvgIpc) is 3.05. The van der Waals surface area contributed by atoms with Gasteiger partial charge in [0, 0.05) is 30.9 Å². The van der Waals surface area contributed by atoms with Gasteiger partial charge in [0.25, 0.3) is 5.56 Å². The molecular weight excluding hydrogens is 306 g/mol. The molecule has 0 amide bonds. The van der Waals surface area contributed by atoms with Crippen molar-refractivity contribution in [2.75, 3.05) is 20.8 Å². The molecule has 1 aromatic rings. The molecule has 2 aliphatic rings. The third kappa shape index (κ3) is 2.55. The Morgan fingerprint density at radius 3 is 2.91 bits per heavy atom. The Morgan fingerprint density at radius 2 is 2.26 bits per heavy atom. The molecule has 2 aliphatic heterocycles. The molecule has 23 heavy (non-hydrogen) atoms. The molecule has 4 atom stereocenters. The first-order valence-corrected chi connectivity index (χ1v) is 7.09. The minimum absolute atomic E-state index is 0.127. The van der Waals surface area contributed by atoms with E-state index in [-0.39, 0.29) is 24.2 Å². The Labute approximate surface area is 131 Å². The SMILES string of the molecule is COC(OC)[C@@H]1O[C@@H](CN=[N+]=[N-])[C@H]2[C@@H]1Oc1nc(=O)c(C)cn12. The number of azide groups is 1. The van der Waals surface area contributed by atoms with E-state index >= 15 is 0 Å². The van der Waals surface area contributed by atoms with Crippen molar-refractivity contribution in [3.63, 3.8) is 0 Å². The molecule has 1 aromatic heterocycles. The van der Waals surface area contributed by atoms with Gasteiger partial charge in [0.15, 0.2) is 12.4 Å². The number of fused-ring (bicyclic) bond motifs is 3. The van der Waals surface area contributed by atoms with Gasteiger partial charge in [0.1, 0.15) is 12.1 Å². The molecule has 3 heterocycles. The van der Waals surface area contributed by atoms with E-state index in [1.807, 2.05) is 0 Å². The summed E-state index contributed by atoms with van der Waals surface area (Å²) in [6.07, 6.45) is -0.392. The van der Waals surface area contributed by atoms with Gasteiger partial charge >= 0.3 is 6.01 Å². The van der Waals surface area contributed by atoms with Crippen LogP contribution in [0.5, 0.6) is 6.01 Å². The average molecular weight is 323 g/mol. The molecule has 0 radical (unpaired) electrons. The minimum Gasteiger partial charge on any atom is -0.456 e. The van der Waals surface area contributed by atoms with Gasteiger partial charge in [-0.05, 0) is 12.5 Å². The van der Waals surface area contributed by atoms with E-state index in [9.17, 15) is 4.79 Å². The van der Waals surface area contributed by atoms with E-state index in [0.717, 1.165) is 0 Å². The zero-order valence-electron chi connectivity index (χ0n) is 12.9. The Hall–Kier alpha value is -2.13. The van der Waals surface area contributed by atoms with Crippen molar-refractivity contribution in [1.82, 2.24) is 9.55 Å². The highest BCUT2D eigenvalue weighted by atomic mass is 16.7. The second-order valence-electron chi connectivity index (χ2n) is 5.38. The van der Waals surface area contributed by atoms with Crippen LogP contribution in [0.4, 0.5) is 0 Å². The van der Waals surface area contributed by atoms with Gasteiger partial charge in [-0.3, -0.25) is 9.36 Å². The van der Waals surface area contributed by atoms with Crippen LogP contribution in [-0.2, 0) is 14.2 Å². The van der Waals surface area contributed by atoms with E-state index < -0.39 is 24.6 Å². The summed E-state index contributed by atoms with van der Waals surface area (Å²) in [5.74, 6) is 0. The second kappa shape index (κ2) is 6.17. The fourth-order valence-electron chi connectivity index (χ4n) is 3.07. The summed E-state index contributed by atoms with van der Waals surface area (Å²) in [6, 6.07) is -0.0547. The number of nitrogens with zero attached hydrogens (tertiary/aromatic N) is 5. The van der Waals surface area contributed by atoms with Crippen LogP contribution in [0.1, 0.15) is 11.6 Å². The largest absolute Gasteiger partial charge is 0.456 e. The predicted molar refractivity (Wildman–Crippen MR) is 77.2 cm³/mol. The van der Waals surface area contributed by atoms with Crippen molar-refractivity contribution in [3.8, 4) is 6.01 Å². The number of rotatable bonds is 5. The second-order valence-corrected chi connectivity index (χ2v) is 5.38. The highest BCUT2D eigenvalue weighted by Crippen LogP contribution is 2.42. The number of methoxy groups -OCH3 is 2. The van der Waals surface area contributed by atoms with Gasteiger partial charge in [-0.15, -0.1) is 0 Å². The quantitative estimate of drug-likeness (QED) is 0.338. The molecular formula is C13H17N5O5. The maximum Gasteiger partial charge on any atom is 0.300 e. The summed E-state index contributed by atoms with van der Waals surface area (Å²) in [5.41, 5.74) is 8.73. The smallest absolute Gasteiger partial charge is 0.300 e. The third-order valence-electron chi connectivity index (χ3n) is 4.08. The van der Waals surface area contributed by atoms with E-state index in [2.05, 4.69) is 15.0 Å². The van der Waals surface area contributed by atoms with Crippen molar-refractivity contribution in [2.45, 2.75) is 37.6 Å². The number of hydrogen-bond donors (Lipinski definition) is 0. The minimum atomic E-state index is -0.652. The monoisotopic (exact) mass is 323 g/mol. The van der Waals surface area contributed by atoms with Gasteiger partial charge in [0.05, 0.1) is 12.6 Å². The van der Waals surface area contributed by atoms with Crippen LogP contribution in [-0.4, -0.2) is 54.9 Å².